The Morgan fingerprint density at radius 1 is 1.10 bits per heavy atom. The van der Waals surface area contributed by atoms with Gasteiger partial charge in [-0.1, -0.05) is 19.9 Å². The van der Waals surface area contributed by atoms with Crippen molar-refractivity contribution in [1.82, 2.24) is 4.90 Å². The zero-order chi connectivity index (χ0) is 21.4. The van der Waals surface area contributed by atoms with Crippen LogP contribution in [0, 0.1) is 12.8 Å². The topological polar surface area (TPSA) is 61.1 Å². The standard InChI is InChI=1S/C24H27NO5/c1-14(2)11-25-12-18-19(29-13-25)9-7-17-23(26)22(15(3)30-24(17)18)16-6-8-20(27-4)21(10-16)28-5/h6-10,14H,11-13H2,1-5H3. The molecule has 1 aliphatic heterocycles. The molecule has 2 heterocycles. The molecule has 0 unspecified atom stereocenters. The predicted octanol–water partition coefficient (Wildman–Crippen LogP) is 4.59. The van der Waals surface area contributed by atoms with Crippen LogP contribution in [0.3, 0.4) is 0 Å². The van der Waals surface area contributed by atoms with Crippen LogP contribution < -0.4 is 19.6 Å². The fraction of sp³-hybridized carbons (Fsp3) is 0.375. The van der Waals surface area contributed by atoms with Crippen molar-refractivity contribution in [2.75, 3.05) is 27.5 Å². The molecule has 0 saturated heterocycles. The second-order valence-corrected chi connectivity index (χ2v) is 8.03. The zero-order valence-corrected chi connectivity index (χ0v) is 18.1. The van der Waals surface area contributed by atoms with E-state index in [-0.39, 0.29) is 5.43 Å². The van der Waals surface area contributed by atoms with E-state index in [1.165, 1.54) is 0 Å². The van der Waals surface area contributed by atoms with Crippen molar-refractivity contribution in [1.29, 1.82) is 0 Å². The van der Waals surface area contributed by atoms with E-state index in [1.54, 1.807) is 32.4 Å². The molecule has 0 saturated carbocycles. The highest BCUT2D eigenvalue weighted by atomic mass is 16.5. The summed E-state index contributed by atoms with van der Waals surface area (Å²) in [5, 5.41) is 0.555. The maximum absolute atomic E-state index is 13.5. The summed E-state index contributed by atoms with van der Waals surface area (Å²) in [6.07, 6.45) is 0. The second-order valence-electron chi connectivity index (χ2n) is 8.03. The van der Waals surface area contributed by atoms with Gasteiger partial charge in [-0.15, -0.1) is 0 Å². The minimum absolute atomic E-state index is 0.0650. The molecule has 0 aliphatic carbocycles. The fourth-order valence-corrected chi connectivity index (χ4v) is 4.08. The van der Waals surface area contributed by atoms with Crippen LogP contribution in [0.15, 0.2) is 39.5 Å². The van der Waals surface area contributed by atoms with E-state index in [0.29, 0.717) is 53.0 Å². The molecule has 0 bridgehead atoms. The quantitative estimate of drug-likeness (QED) is 0.614. The highest BCUT2D eigenvalue weighted by molar-refractivity contribution is 5.87. The Hall–Kier alpha value is -2.99. The molecule has 0 fully saturated rings. The molecular formula is C24H27NO5. The van der Waals surface area contributed by atoms with Crippen molar-refractivity contribution < 1.29 is 18.6 Å². The Morgan fingerprint density at radius 2 is 1.87 bits per heavy atom. The SMILES string of the molecule is COc1ccc(-c2c(C)oc3c4c(ccc3c2=O)OCN(CC(C)C)C4)cc1OC. The summed E-state index contributed by atoms with van der Waals surface area (Å²) in [4.78, 5) is 15.7. The minimum atomic E-state index is -0.0650. The van der Waals surface area contributed by atoms with Gasteiger partial charge >= 0.3 is 0 Å². The Balaban J connectivity index is 1.85. The molecule has 0 amide bonds. The molecule has 158 valence electrons. The first-order valence-corrected chi connectivity index (χ1v) is 10.1. The maximum atomic E-state index is 13.5. The summed E-state index contributed by atoms with van der Waals surface area (Å²) < 4.78 is 22.9. The summed E-state index contributed by atoms with van der Waals surface area (Å²) in [5.41, 5.74) is 2.73. The van der Waals surface area contributed by atoms with Gasteiger partial charge in [0.15, 0.2) is 11.5 Å². The number of benzene rings is 2. The van der Waals surface area contributed by atoms with Gasteiger partial charge in [-0.05, 0) is 42.7 Å². The lowest BCUT2D eigenvalue weighted by Gasteiger charge is -2.30. The van der Waals surface area contributed by atoms with Crippen LogP contribution in [0.5, 0.6) is 17.2 Å². The van der Waals surface area contributed by atoms with Crippen molar-refractivity contribution in [3.63, 3.8) is 0 Å². The average molecular weight is 409 g/mol. The number of hydrogen-bond acceptors (Lipinski definition) is 6. The van der Waals surface area contributed by atoms with Crippen LogP contribution in [0.25, 0.3) is 22.1 Å². The highest BCUT2D eigenvalue weighted by Gasteiger charge is 2.24. The van der Waals surface area contributed by atoms with Gasteiger partial charge in [-0.3, -0.25) is 9.69 Å². The monoisotopic (exact) mass is 409 g/mol. The number of fused-ring (bicyclic) bond motifs is 3. The average Bonchev–Trinajstić information content (AvgIpc) is 2.73. The molecule has 4 rings (SSSR count). The van der Waals surface area contributed by atoms with Crippen LogP contribution in [-0.4, -0.2) is 32.4 Å². The van der Waals surface area contributed by atoms with E-state index in [4.69, 9.17) is 18.6 Å². The van der Waals surface area contributed by atoms with Crippen molar-refractivity contribution in [2.24, 2.45) is 5.92 Å². The molecule has 6 nitrogen and oxygen atoms in total. The van der Waals surface area contributed by atoms with E-state index in [2.05, 4.69) is 18.7 Å². The van der Waals surface area contributed by atoms with Gasteiger partial charge in [-0.25, -0.2) is 0 Å². The lowest BCUT2D eigenvalue weighted by Crippen LogP contribution is -2.34. The number of aryl methyl sites for hydroxylation is 1. The normalized spacial score (nSPS) is 13.9. The molecule has 3 aromatic rings. The number of ether oxygens (including phenoxy) is 3. The van der Waals surface area contributed by atoms with Crippen LogP contribution in [0.2, 0.25) is 0 Å². The van der Waals surface area contributed by atoms with E-state index >= 15 is 0 Å². The third-order valence-electron chi connectivity index (χ3n) is 5.38. The summed E-state index contributed by atoms with van der Waals surface area (Å²) in [6, 6.07) is 9.10. The van der Waals surface area contributed by atoms with Crippen LogP contribution >= 0.6 is 0 Å². The van der Waals surface area contributed by atoms with E-state index in [1.807, 2.05) is 19.1 Å². The van der Waals surface area contributed by atoms with Crippen LogP contribution in [0.1, 0.15) is 25.2 Å². The van der Waals surface area contributed by atoms with E-state index in [9.17, 15) is 4.79 Å². The third-order valence-corrected chi connectivity index (χ3v) is 5.38. The molecule has 2 aromatic carbocycles. The predicted molar refractivity (Wildman–Crippen MR) is 117 cm³/mol. The largest absolute Gasteiger partial charge is 0.493 e. The number of methoxy groups -OCH3 is 2. The smallest absolute Gasteiger partial charge is 0.200 e. The maximum Gasteiger partial charge on any atom is 0.200 e. The Kier molecular flexibility index (Phi) is 5.43. The first kappa shape index (κ1) is 20.3. The number of rotatable bonds is 5. The molecule has 0 radical (unpaired) electrons. The Bertz CT molecular complexity index is 1150. The molecule has 30 heavy (non-hydrogen) atoms. The summed E-state index contributed by atoms with van der Waals surface area (Å²) in [7, 11) is 3.16. The Morgan fingerprint density at radius 3 is 2.57 bits per heavy atom. The van der Waals surface area contributed by atoms with Gasteiger partial charge in [0, 0.05) is 13.1 Å². The zero-order valence-electron chi connectivity index (χ0n) is 18.1. The van der Waals surface area contributed by atoms with Gasteiger partial charge in [-0.2, -0.15) is 0 Å². The third kappa shape index (κ3) is 3.52. The number of nitrogens with zero attached hydrogens (tertiary/aromatic N) is 1. The summed E-state index contributed by atoms with van der Waals surface area (Å²) >= 11 is 0. The first-order valence-electron chi connectivity index (χ1n) is 10.1. The van der Waals surface area contributed by atoms with Gasteiger partial charge in [0.05, 0.1) is 30.7 Å². The van der Waals surface area contributed by atoms with Crippen molar-refractivity contribution >= 4 is 11.0 Å². The molecule has 0 atom stereocenters. The minimum Gasteiger partial charge on any atom is -0.493 e. The van der Waals surface area contributed by atoms with Crippen molar-refractivity contribution in [3.8, 4) is 28.4 Å². The summed E-state index contributed by atoms with van der Waals surface area (Å²) in [5.74, 6) is 3.05. The van der Waals surface area contributed by atoms with Gasteiger partial charge in [0.25, 0.3) is 0 Å². The molecule has 0 spiro atoms. The second kappa shape index (κ2) is 8.03. The van der Waals surface area contributed by atoms with Gasteiger partial charge in [0.2, 0.25) is 5.43 Å². The first-order chi connectivity index (χ1) is 14.4. The Labute approximate surface area is 176 Å². The lowest BCUT2D eigenvalue weighted by molar-refractivity contribution is 0.0848. The lowest BCUT2D eigenvalue weighted by atomic mass is 10.00. The fourth-order valence-electron chi connectivity index (χ4n) is 4.08. The number of hydrogen-bond donors (Lipinski definition) is 0. The van der Waals surface area contributed by atoms with Crippen LogP contribution in [-0.2, 0) is 6.54 Å². The van der Waals surface area contributed by atoms with E-state index in [0.717, 1.165) is 23.4 Å². The van der Waals surface area contributed by atoms with Crippen molar-refractivity contribution in [3.05, 3.63) is 51.9 Å². The molecule has 6 heteroatoms. The molecule has 1 aliphatic rings. The van der Waals surface area contributed by atoms with Crippen molar-refractivity contribution in [2.45, 2.75) is 27.3 Å². The summed E-state index contributed by atoms with van der Waals surface area (Å²) in [6.45, 7) is 8.34. The molecule has 0 N–H and O–H groups in total. The van der Waals surface area contributed by atoms with Gasteiger partial charge < -0.3 is 18.6 Å². The molecule has 1 aromatic heterocycles. The molecular weight excluding hydrogens is 382 g/mol. The van der Waals surface area contributed by atoms with E-state index < -0.39 is 0 Å². The van der Waals surface area contributed by atoms with Crippen LogP contribution in [0.4, 0.5) is 0 Å². The highest BCUT2D eigenvalue weighted by Crippen LogP contribution is 2.36. The van der Waals surface area contributed by atoms with Gasteiger partial charge in [0.1, 0.15) is 23.8 Å².